The smallest absolute Gasteiger partial charge is 0.282 e. The fourth-order valence-electron chi connectivity index (χ4n) is 3.70. The van der Waals surface area contributed by atoms with Crippen molar-refractivity contribution in [2.45, 2.75) is 26.8 Å². The summed E-state index contributed by atoms with van der Waals surface area (Å²) in [4.78, 5) is 16.4. The molecule has 1 fully saturated rings. The van der Waals surface area contributed by atoms with Crippen molar-refractivity contribution in [3.05, 3.63) is 48.5 Å². The van der Waals surface area contributed by atoms with E-state index in [1.54, 1.807) is 0 Å². The SMILES string of the molecule is CCOc1ccc(NC(=O)[C@@H](C)[NH+]2CCN(c3ccccc3OCC)CC2)cc1. The van der Waals surface area contributed by atoms with E-state index in [1.807, 2.05) is 63.2 Å². The Morgan fingerprint density at radius 3 is 2.34 bits per heavy atom. The van der Waals surface area contributed by atoms with E-state index in [2.05, 4.69) is 16.3 Å². The Morgan fingerprint density at radius 2 is 1.69 bits per heavy atom. The first-order valence-corrected chi connectivity index (χ1v) is 10.5. The Kier molecular flexibility index (Phi) is 7.36. The number of benzene rings is 2. The van der Waals surface area contributed by atoms with Crippen molar-refractivity contribution in [3.8, 4) is 11.5 Å². The quantitative estimate of drug-likeness (QED) is 0.716. The van der Waals surface area contributed by atoms with Gasteiger partial charge in [-0.1, -0.05) is 12.1 Å². The Labute approximate surface area is 173 Å². The maximum absolute atomic E-state index is 12.7. The highest BCUT2D eigenvalue weighted by atomic mass is 16.5. The zero-order valence-electron chi connectivity index (χ0n) is 17.6. The molecule has 0 aliphatic carbocycles. The molecule has 6 heteroatoms. The zero-order valence-corrected chi connectivity index (χ0v) is 17.6. The van der Waals surface area contributed by atoms with Gasteiger partial charge in [0, 0.05) is 5.69 Å². The first-order valence-electron chi connectivity index (χ1n) is 10.5. The molecule has 2 aromatic rings. The second-order valence-electron chi connectivity index (χ2n) is 7.21. The van der Waals surface area contributed by atoms with E-state index < -0.39 is 0 Å². The van der Waals surface area contributed by atoms with Gasteiger partial charge < -0.3 is 24.6 Å². The van der Waals surface area contributed by atoms with Crippen LogP contribution < -0.4 is 24.6 Å². The number of rotatable bonds is 8. The highest BCUT2D eigenvalue weighted by molar-refractivity contribution is 5.93. The van der Waals surface area contributed by atoms with Crippen molar-refractivity contribution in [1.29, 1.82) is 0 Å². The third-order valence-corrected chi connectivity index (χ3v) is 5.35. The molecule has 1 atom stereocenters. The van der Waals surface area contributed by atoms with Crippen LogP contribution in [0.5, 0.6) is 11.5 Å². The molecule has 0 spiro atoms. The molecule has 1 aliphatic rings. The molecule has 1 aliphatic heterocycles. The average Bonchev–Trinajstić information content (AvgIpc) is 2.75. The van der Waals surface area contributed by atoms with Crippen LogP contribution in [0.25, 0.3) is 0 Å². The third kappa shape index (κ3) is 5.41. The van der Waals surface area contributed by atoms with Crippen LogP contribution in [0.4, 0.5) is 11.4 Å². The maximum Gasteiger partial charge on any atom is 0.282 e. The lowest BCUT2D eigenvalue weighted by molar-refractivity contribution is -0.914. The molecule has 0 unspecified atom stereocenters. The van der Waals surface area contributed by atoms with Crippen LogP contribution in [0.3, 0.4) is 0 Å². The van der Waals surface area contributed by atoms with Crippen molar-refractivity contribution >= 4 is 17.3 Å². The number of carbonyl (C=O) groups is 1. The van der Waals surface area contributed by atoms with E-state index >= 15 is 0 Å². The lowest BCUT2D eigenvalue weighted by Crippen LogP contribution is -3.19. The van der Waals surface area contributed by atoms with Crippen molar-refractivity contribution in [3.63, 3.8) is 0 Å². The van der Waals surface area contributed by atoms with E-state index in [4.69, 9.17) is 9.47 Å². The number of para-hydroxylation sites is 2. The normalized spacial score (nSPS) is 15.6. The lowest BCUT2D eigenvalue weighted by Gasteiger charge is -2.36. The number of piperazine rings is 1. The van der Waals surface area contributed by atoms with Gasteiger partial charge in [0.15, 0.2) is 6.04 Å². The van der Waals surface area contributed by atoms with Crippen LogP contribution in [0, 0.1) is 0 Å². The molecule has 1 amide bonds. The first kappa shape index (κ1) is 21.0. The van der Waals surface area contributed by atoms with Crippen LogP contribution in [-0.4, -0.2) is 51.3 Å². The van der Waals surface area contributed by atoms with Gasteiger partial charge in [-0.05, 0) is 57.2 Å². The molecule has 6 nitrogen and oxygen atoms in total. The van der Waals surface area contributed by atoms with E-state index in [9.17, 15) is 4.79 Å². The van der Waals surface area contributed by atoms with E-state index in [1.165, 1.54) is 4.90 Å². The molecule has 0 aromatic heterocycles. The van der Waals surface area contributed by atoms with Gasteiger partial charge in [-0.3, -0.25) is 4.79 Å². The first-order chi connectivity index (χ1) is 14.1. The number of amides is 1. The second-order valence-corrected chi connectivity index (χ2v) is 7.21. The summed E-state index contributed by atoms with van der Waals surface area (Å²) in [7, 11) is 0. The number of ether oxygens (including phenoxy) is 2. The molecular formula is C23H32N3O3+. The molecule has 2 N–H and O–H groups in total. The van der Waals surface area contributed by atoms with Crippen LogP contribution >= 0.6 is 0 Å². The third-order valence-electron chi connectivity index (χ3n) is 5.35. The topological polar surface area (TPSA) is 55.2 Å². The van der Waals surface area contributed by atoms with Gasteiger partial charge in [-0.2, -0.15) is 0 Å². The number of quaternary nitrogens is 1. The minimum atomic E-state index is -0.106. The van der Waals surface area contributed by atoms with Crippen LogP contribution in [-0.2, 0) is 4.79 Å². The zero-order chi connectivity index (χ0) is 20.6. The molecular weight excluding hydrogens is 366 g/mol. The second kappa shape index (κ2) is 10.2. The summed E-state index contributed by atoms with van der Waals surface area (Å²) in [5, 5.41) is 3.03. The molecule has 3 rings (SSSR count). The molecule has 0 saturated carbocycles. The van der Waals surface area contributed by atoms with Gasteiger partial charge in [0.05, 0.1) is 45.1 Å². The van der Waals surface area contributed by atoms with Gasteiger partial charge in [0.25, 0.3) is 5.91 Å². The highest BCUT2D eigenvalue weighted by Gasteiger charge is 2.30. The summed E-state index contributed by atoms with van der Waals surface area (Å²) < 4.78 is 11.2. The predicted molar refractivity (Wildman–Crippen MR) is 116 cm³/mol. The molecule has 2 aromatic carbocycles. The van der Waals surface area contributed by atoms with Crippen molar-refractivity contribution in [1.82, 2.24) is 0 Å². The number of hydrogen-bond donors (Lipinski definition) is 2. The molecule has 1 saturated heterocycles. The molecule has 1 heterocycles. The van der Waals surface area contributed by atoms with Gasteiger partial charge in [0.2, 0.25) is 0 Å². The monoisotopic (exact) mass is 398 g/mol. The Hall–Kier alpha value is -2.73. The van der Waals surface area contributed by atoms with Crippen molar-refractivity contribution in [2.24, 2.45) is 0 Å². The van der Waals surface area contributed by atoms with Crippen molar-refractivity contribution in [2.75, 3.05) is 49.6 Å². The summed E-state index contributed by atoms with van der Waals surface area (Å²) in [5.74, 6) is 1.79. The summed E-state index contributed by atoms with van der Waals surface area (Å²) in [6.45, 7) is 10.9. The Balaban J connectivity index is 1.54. The summed E-state index contributed by atoms with van der Waals surface area (Å²) >= 11 is 0. The van der Waals surface area contributed by atoms with Crippen LogP contribution in [0.2, 0.25) is 0 Å². The number of anilines is 2. The summed E-state index contributed by atoms with van der Waals surface area (Å²) in [5.41, 5.74) is 1.94. The van der Waals surface area contributed by atoms with Gasteiger partial charge in [0.1, 0.15) is 11.5 Å². The van der Waals surface area contributed by atoms with Gasteiger partial charge in [-0.15, -0.1) is 0 Å². The van der Waals surface area contributed by atoms with Crippen LogP contribution in [0.1, 0.15) is 20.8 Å². The summed E-state index contributed by atoms with van der Waals surface area (Å²) in [6.07, 6.45) is 0. The maximum atomic E-state index is 12.7. The van der Waals surface area contributed by atoms with Gasteiger partial charge >= 0.3 is 0 Å². The molecule has 156 valence electrons. The van der Waals surface area contributed by atoms with E-state index in [-0.39, 0.29) is 11.9 Å². The van der Waals surface area contributed by atoms with E-state index in [0.717, 1.165) is 49.1 Å². The van der Waals surface area contributed by atoms with Gasteiger partial charge in [-0.25, -0.2) is 0 Å². The number of nitrogens with one attached hydrogen (secondary N) is 2. The molecule has 0 bridgehead atoms. The number of nitrogens with zero attached hydrogens (tertiary/aromatic N) is 1. The molecule has 29 heavy (non-hydrogen) atoms. The van der Waals surface area contributed by atoms with Crippen LogP contribution in [0.15, 0.2) is 48.5 Å². The average molecular weight is 399 g/mol. The fourth-order valence-corrected chi connectivity index (χ4v) is 3.70. The minimum Gasteiger partial charge on any atom is -0.494 e. The van der Waals surface area contributed by atoms with E-state index in [0.29, 0.717) is 13.2 Å². The Bertz CT molecular complexity index is 786. The fraction of sp³-hybridized carbons (Fsp3) is 0.435. The highest BCUT2D eigenvalue weighted by Crippen LogP contribution is 2.27. The minimum absolute atomic E-state index is 0.0485. The lowest BCUT2D eigenvalue weighted by atomic mass is 10.2. The summed E-state index contributed by atoms with van der Waals surface area (Å²) in [6, 6.07) is 15.6. The number of carbonyl (C=O) groups excluding carboxylic acids is 1. The van der Waals surface area contributed by atoms with Crippen molar-refractivity contribution < 1.29 is 19.2 Å². The predicted octanol–water partition coefficient (Wildman–Crippen LogP) is 2.22. The Morgan fingerprint density at radius 1 is 1.03 bits per heavy atom. The number of hydrogen-bond acceptors (Lipinski definition) is 4. The molecule has 0 radical (unpaired) electrons. The standard InChI is InChI=1S/C23H31N3O3/c1-4-28-20-12-10-19(11-13-20)24-23(27)18(3)25-14-16-26(17-15-25)21-8-6-7-9-22(21)29-5-2/h6-13,18H,4-5,14-17H2,1-3H3,(H,24,27)/p+1/t18-/m1/s1. The largest absolute Gasteiger partial charge is 0.494 e.